The Kier molecular flexibility index (Phi) is 4.88. The Hall–Kier alpha value is -0.645. The summed E-state index contributed by atoms with van der Waals surface area (Å²) >= 11 is 2.16. The van der Waals surface area contributed by atoms with E-state index in [1.165, 1.54) is 36.3 Å². The molecular formula is C22H34BNO2S. The second-order valence-corrected chi connectivity index (χ2v) is 11.5. The normalized spacial score (nSPS) is 25.1. The van der Waals surface area contributed by atoms with Crippen LogP contribution in [-0.2, 0) is 14.7 Å². The molecule has 1 aromatic carbocycles. The van der Waals surface area contributed by atoms with E-state index in [1.807, 2.05) is 0 Å². The van der Waals surface area contributed by atoms with Crippen LogP contribution < -0.4 is 10.4 Å². The van der Waals surface area contributed by atoms with Gasteiger partial charge in [0.1, 0.15) is 0 Å². The van der Waals surface area contributed by atoms with Crippen molar-refractivity contribution >= 4 is 30.0 Å². The lowest BCUT2D eigenvalue weighted by molar-refractivity contribution is 0.00578. The van der Waals surface area contributed by atoms with Crippen molar-refractivity contribution < 1.29 is 9.31 Å². The molecule has 0 amide bonds. The molecule has 5 heteroatoms. The average molecular weight is 387 g/mol. The van der Waals surface area contributed by atoms with Crippen LogP contribution in [-0.4, -0.2) is 42.4 Å². The maximum atomic E-state index is 6.28. The highest BCUT2D eigenvalue weighted by molar-refractivity contribution is 8.00. The molecule has 0 atom stereocenters. The van der Waals surface area contributed by atoms with Crippen LogP contribution in [0.2, 0.25) is 0 Å². The Labute approximate surface area is 169 Å². The number of anilines is 1. The summed E-state index contributed by atoms with van der Waals surface area (Å²) in [6.07, 6.45) is 4.13. The minimum atomic E-state index is -0.296. The zero-order valence-corrected chi connectivity index (χ0v) is 18.6. The van der Waals surface area contributed by atoms with E-state index < -0.39 is 0 Å². The van der Waals surface area contributed by atoms with Gasteiger partial charge in [0.15, 0.2) is 0 Å². The van der Waals surface area contributed by atoms with Crippen LogP contribution in [0.5, 0.6) is 0 Å². The lowest BCUT2D eigenvalue weighted by Crippen LogP contribution is -2.41. The Bertz CT molecular complexity index is 698. The third-order valence-corrected chi connectivity index (χ3v) is 8.12. The Morgan fingerprint density at radius 3 is 2.37 bits per heavy atom. The SMILES string of the molecule is CC1(C)CN(CCCSC2CC2)c2cc(B3OC(C)(C)C(C)(C)O3)ccc21. The summed E-state index contributed by atoms with van der Waals surface area (Å²) in [7, 11) is -0.281. The first-order valence-electron chi connectivity index (χ1n) is 10.5. The highest BCUT2D eigenvalue weighted by Gasteiger charge is 2.52. The number of hydrogen-bond donors (Lipinski definition) is 0. The lowest BCUT2D eigenvalue weighted by atomic mass is 9.77. The van der Waals surface area contributed by atoms with E-state index in [2.05, 4.69) is 76.4 Å². The summed E-state index contributed by atoms with van der Waals surface area (Å²) in [5.41, 5.74) is 3.59. The number of hydrogen-bond acceptors (Lipinski definition) is 4. The molecule has 2 fully saturated rings. The first-order chi connectivity index (χ1) is 12.6. The summed E-state index contributed by atoms with van der Waals surface area (Å²) < 4.78 is 12.6. The zero-order chi connectivity index (χ0) is 19.4. The fourth-order valence-corrected chi connectivity index (χ4v) is 5.19. The quantitative estimate of drug-likeness (QED) is 0.534. The number of thioether (sulfide) groups is 1. The molecule has 148 valence electrons. The molecule has 0 N–H and O–H groups in total. The standard InChI is InChI=1S/C22H34BNO2S/c1-20(2)15-24(12-7-13-27-17-9-10-17)19-14-16(8-11-18(19)20)23-25-21(3,4)22(5,6)26-23/h8,11,14,17H,7,9-10,12-13,15H2,1-6H3. The van der Waals surface area contributed by atoms with Crippen molar-refractivity contribution in [2.24, 2.45) is 0 Å². The molecule has 1 saturated carbocycles. The average Bonchev–Trinajstić information content (AvgIpc) is 3.31. The molecule has 0 bridgehead atoms. The first-order valence-corrected chi connectivity index (χ1v) is 11.5. The van der Waals surface area contributed by atoms with Crippen molar-refractivity contribution in [3.05, 3.63) is 23.8 Å². The van der Waals surface area contributed by atoms with E-state index >= 15 is 0 Å². The predicted octanol–water partition coefficient (Wildman–Crippen LogP) is 4.37. The van der Waals surface area contributed by atoms with Gasteiger partial charge in [0.05, 0.1) is 11.2 Å². The molecule has 0 aromatic heterocycles. The number of benzene rings is 1. The van der Waals surface area contributed by atoms with Gasteiger partial charge in [-0.1, -0.05) is 26.0 Å². The molecule has 0 unspecified atom stereocenters. The highest BCUT2D eigenvalue weighted by Crippen LogP contribution is 2.41. The fourth-order valence-electron chi connectivity index (χ4n) is 4.10. The van der Waals surface area contributed by atoms with E-state index in [9.17, 15) is 0 Å². The van der Waals surface area contributed by atoms with Crippen LogP contribution in [0.3, 0.4) is 0 Å². The summed E-state index contributed by atoms with van der Waals surface area (Å²) in [6.45, 7) is 15.4. The van der Waals surface area contributed by atoms with Crippen LogP contribution in [0.25, 0.3) is 0 Å². The van der Waals surface area contributed by atoms with Gasteiger partial charge in [-0.2, -0.15) is 11.8 Å². The van der Waals surface area contributed by atoms with Crippen molar-refractivity contribution in [1.82, 2.24) is 0 Å². The van der Waals surface area contributed by atoms with E-state index in [-0.39, 0.29) is 23.7 Å². The lowest BCUT2D eigenvalue weighted by Gasteiger charge is -2.32. The van der Waals surface area contributed by atoms with Gasteiger partial charge >= 0.3 is 7.12 Å². The molecular weight excluding hydrogens is 353 g/mol. The van der Waals surface area contributed by atoms with Crippen molar-refractivity contribution in [1.29, 1.82) is 0 Å². The van der Waals surface area contributed by atoms with Crippen molar-refractivity contribution in [3.8, 4) is 0 Å². The van der Waals surface area contributed by atoms with Crippen LogP contribution >= 0.6 is 11.8 Å². The van der Waals surface area contributed by atoms with Gasteiger partial charge in [-0.05, 0) is 69.8 Å². The molecule has 4 rings (SSSR count). The molecule has 0 radical (unpaired) electrons. The number of rotatable bonds is 6. The van der Waals surface area contributed by atoms with Gasteiger partial charge in [0.25, 0.3) is 0 Å². The second-order valence-electron chi connectivity index (χ2n) is 10.1. The van der Waals surface area contributed by atoms with Gasteiger partial charge < -0.3 is 14.2 Å². The topological polar surface area (TPSA) is 21.7 Å². The molecule has 27 heavy (non-hydrogen) atoms. The third kappa shape index (κ3) is 3.80. The minimum absolute atomic E-state index is 0.202. The van der Waals surface area contributed by atoms with Gasteiger partial charge in [-0.15, -0.1) is 0 Å². The van der Waals surface area contributed by atoms with E-state index in [0.717, 1.165) is 23.8 Å². The smallest absolute Gasteiger partial charge is 0.399 e. The molecule has 0 spiro atoms. The molecule has 1 aromatic rings. The fraction of sp³-hybridized carbons (Fsp3) is 0.727. The Balaban J connectivity index is 1.51. The van der Waals surface area contributed by atoms with Crippen molar-refractivity contribution in [2.75, 3.05) is 23.7 Å². The Morgan fingerprint density at radius 2 is 1.74 bits per heavy atom. The summed E-state index contributed by atoms with van der Waals surface area (Å²) in [4.78, 5) is 2.58. The molecule has 1 aliphatic carbocycles. The van der Waals surface area contributed by atoms with E-state index in [4.69, 9.17) is 9.31 Å². The van der Waals surface area contributed by atoms with E-state index in [1.54, 1.807) is 0 Å². The summed E-state index contributed by atoms with van der Waals surface area (Å²) in [5.74, 6) is 1.29. The van der Waals surface area contributed by atoms with Crippen molar-refractivity contribution in [3.63, 3.8) is 0 Å². The molecule has 3 aliphatic rings. The van der Waals surface area contributed by atoms with Crippen LogP contribution in [0.15, 0.2) is 18.2 Å². The number of nitrogens with zero attached hydrogens (tertiary/aromatic N) is 1. The highest BCUT2D eigenvalue weighted by atomic mass is 32.2. The molecule has 3 nitrogen and oxygen atoms in total. The maximum absolute atomic E-state index is 6.28. The molecule has 2 heterocycles. The monoisotopic (exact) mass is 387 g/mol. The Morgan fingerprint density at radius 1 is 1.07 bits per heavy atom. The van der Waals surface area contributed by atoms with Gasteiger partial charge in [-0.3, -0.25) is 0 Å². The maximum Gasteiger partial charge on any atom is 0.494 e. The van der Waals surface area contributed by atoms with E-state index in [0.29, 0.717) is 0 Å². The predicted molar refractivity (Wildman–Crippen MR) is 117 cm³/mol. The molecule has 1 saturated heterocycles. The van der Waals surface area contributed by atoms with Gasteiger partial charge in [0, 0.05) is 29.4 Å². The number of fused-ring (bicyclic) bond motifs is 1. The van der Waals surface area contributed by atoms with Crippen molar-refractivity contribution in [2.45, 2.75) is 82.7 Å². The van der Waals surface area contributed by atoms with Crippen LogP contribution in [0.4, 0.5) is 5.69 Å². The zero-order valence-electron chi connectivity index (χ0n) is 17.8. The third-order valence-electron chi connectivity index (χ3n) is 6.65. The minimum Gasteiger partial charge on any atom is -0.399 e. The van der Waals surface area contributed by atoms with Crippen LogP contribution in [0.1, 0.15) is 66.4 Å². The largest absolute Gasteiger partial charge is 0.494 e. The summed E-state index contributed by atoms with van der Waals surface area (Å²) in [6, 6.07) is 6.82. The summed E-state index contributed by atoms with van der Waals surface area (Å²) in [5, 5.41) is 0.960. The van der Waals surface area contributed by atoms with Crippen LogP contribution in [0, 0.1) is 0 Å². The first kappa shape index (κ1) is 19.7. The van der Waals surface area contributed by atoms with Gasteiger partial charge in [0.2, 0.25) is 0 Å². The second kappa shape index (κ2) is 6.71. The molecule has 2 aliphatic heterocycles. The van der Waals surface area contributed by atoms with Gasteiger partial charge in [-0.25, -0.2) is 0 Å².